The van der Waals surface area contributed by atoms with Gasteiger partial charge in [0.1, 0.15) is 0 Å². The highest BCUT2D eigenvalue weighted by molar-refractivity contribution is 5.63. The SMILES string of the molecule is c1cc2ccc(-c3ccoc3)cn2n1. The minimum Gasteiger partial charge on any atom is -0.472 e. The van der Waals surface area contributed by atoms with Gasteiger partial charge >= 0.3 is 0 Å². The van der Waals surface area contributed by atoms with Crippen LogP contribution in [0.3, 0.4) is 0 Å². The number of hydrogen-bond donors (Lipinski definition) is 0. The highest BCUT2D eigenvalue weighted by Crippen LogP contribution is 2.19. The van der Waals surface area contributed by atoms with E-state index in [0.29, 0.717) is 0 Å². The summed E-state index contributed by atoms with van der Waals surface area (Å²) in [5.74, 6) is 0. The molecule has 0 N–H and O–H groups in total. The van der Waals surface area contributed by atoms with Crippen LogP contribution in [0, 0.1) is 0 Å². The van der Waals surface area contributed by atoms with Crippen molar-refractivity contribution < 1.29 is 4.42 Å². The number of rotatable bonds is 1. The van der Waals surface area contributed by atoms with Crippen molar-refractivity contribution in [1.82, 2.24) is 9.61 Å². The molecule has 0 bridgehead atoms. The molecule has 0 saturated heterocycles. The molecule has 0 aliphatic rings. The molecule has 3 rings (SSSR count). The summed E-state index contributed by atoms with van der Waals surface area (Å²) in [6.45, 7) is 0. The van der Waals surface area contributed by atoms with E-state index in [1.54, 1.807) is 18.7 Å². The summed E-state index contributed by atoms with van der Waals surface area (Å²) in [4.78, 5) is 0. The van der Waals surface area contributed by atoms with Crippen molar-refractivity contribution in [1.29, 1.82) is 0 Å². The zero-order valence-corrected chi connectivity index (χ0v) is 7.42. The Morgan fingerprint density at radius 2 is 2.07 bits per heavy atom. The maximum Gasteiger partial charge on any atom is 0.0981 e. The van der Waals surface area contributed by atoms with Crippen molar-refractivity contribution in [3.63, 3.8) is 0 Å². The molecule has 3 aromatic heterocycles. The van der Waals surface area contributed by atoms with E-state index in [1.807, 2.05) is 28.9 Å². The van der Waals surface area contributed by atoms with Crippen molar-refractivity contribution >= 4 is 5.52 Å². The Kier molecular flexibility index (Phi) is 1.44. The molecule has 0 saturated carbocycles. The summed E-state index contributed by atoms with van der Waals surface area (Å²) >= 11 is 0. The molecular formula is C11H8N2O. The quantitative estimate of drug-likeness (QED) is 0.582. The molecule has 0 aromatic carbocycles. The minimum atomic E-state index is 1.07. The van der Waals surface area contributed by atoms with Gasteiger partial charge in [-0.3, -0.25) is 0 Å². The van der Waals surface area contributed by atoms with Gasteiger partial charge in [-0.25, -0.2) is 4.52 Å². The van der Waals surface area contributed by atoms with Crippen LogP contribution >= 0.6 is 0 Å². The Morgan fingerprint density at radius 3 is 2.93 bits per heavy atom. The first-order valence-electron chi connectivity index (χ1n) is 4.39. The molecular weight excluding hydrogens is 176 g/mol. The van der Waals surface area contributed by atoms with Crippen LogP contribution in [0.4, 0.5) is 0 Å². The maximum atomic E-state index is 5.03. The molecule has 0 radical (unpaired) electrons. The van der Waals surface area contributed by atoms with Crippen molar-refractivity contribution in [2.45, 2.75) is 0 Å². The molecule has 0 unspecified atom stereocenters. The molecule has 0 aliphatic heterocycles. The van der Waals surface area contributed by atoms with E-state index >= 15 is 0 Å². The van der Waals surface area contributed by atoms with Gasteiger partial charge in [0, 0.05) is 23.5 Å². The normalized spacial score (nSPS) is 10.9. The van der Waals surface area contributed by atoms with Crippen molar-refractivity contribution in [2.24, 2.45) is 0 Å². The van der Waals surface area contributed by atoms with E-state index in [1.165, 1.54) is 0 Å². The van der Waals surface area contributed by atoms with Crippen LogP contribution in [0.5, 0.6) is 0 Å². The Hall–Kier alpha value is -2.03. The topological polar surface area (TPSA) is 30.4 Å². The van der Waals surface area contributed by atoms with Crippen LogP contribution in [0.25, 0.3) is 16.6 Å². The van der Waals surface area contributed by atoms with Crippen molar-refractivity contribution in [3.8, 4) is 11.1 Å². The summed E-state index contributed by atoms with van der Waals surface area (Å²) in [5, 5.41) is 4.18. The second-order valence-corrected chi connectivity index (χ2v) is 3.13. The minimum absolute atomic E-state index is 1.07. The van der Waals surface area contributed by atoms with Crippen LogP contribution in [-0.4, -0.2) is 9.61 Å². The summed E-state index contributed by atoms with van der Waals surface area (Å²) in [5.41, 5.74) is 3.27. The Morgan fingerprint density at radius 1 is 1.07 bits per heavy atom. The van der Waals surface area contributed by atoms with Crippen molar-refractivity contribution in [2.75, 3.05) is 0 Å². The largest absolute Gasteiger partial charge is 0.472 e. The van der Waals surface area contributed by atoms with E-state index in [-0.39, 0.29) is 0 Å². The third-order valence-electron chi connectivity index (χ3n) is 2.25. The van der Waals surface area contributed by atoms with Crippen molar-refractivity contribution in [3.05, 3.63) is 49.2 Å². The summed E-state index contributed by atoms with van der Waals surface area (Å²) in [6, 6.07) is 8.00. The van der Waals surface area contributed by atoms with E-state index in [0.717, 1.165) is 16.6 Å². The summed E-state index contributed by atoms with van der Waals surface area (Å²) in [6.07, 6.45) is 7.17. The van der Waals surface area contributed by atoms with Gasteiger partial charge in [0.25, 0.3) is 0 Å². The van der Waals surface area contributed by atoms with Gasteiger partial charge in [-0.05, 0) is 18.2 Å². The average molecular weight is 184 g/mol. The molecule has 0 spiro atoms. The molecule has 3 aromatic rings. The lowest BCUT2D eigenvalue weighted by molar-refractivity contribution is 0.568. The van der Waals surface area contributed by atoms with E-state index in [4.69, 9.17) is 4.42 Å². The van der Waals surface area contributed by atoms with Crippen LogP contribution in [0.1, 0.15) is 0 Å². The Balaban J connectivity index is 2.23. The number of nitrogens with zero attached hydrogens (tertiary/aromatic N) is 2. The number of fused-ring (bicyclic) bond motifs is 1. The zero-order valence-electron chi connectivity index (χ0n) is 7.42. The van der Waals surface area contributed by atoms with Crippen LogP contribution < -0.4 is 0 Å². The molecule has 14 heavy (non-hydrogen) atoms. The first-order valence-corrected chi connectivity index (χ1v) is 4.39. The molecule has 0 fully saturated rings. The second kappa shape index (κ2) is 2.73. The smallest absolute Gasteiger partial charge is 0.0981 e. The predicted molar refractivity (Wildman–Crippen MR) is 52.9 cm³/mol. The summed E-state index contributed by atoms with van der Waals surface area (Å²) < 4.78 is 6.88. The van der Waals surface area contributed by atoms with Crippen LogP contribution in [0.2, 0.25) is 0 Å². The van der Waals surface area contributed by atoms with Gasteiger partial charge < -0.3 is 4.42 Å². The van der Waals surface area contributed by atoms with Gasteiger partial charge in [0.2, 0.25) is 0 Å². The average Bonchev–Trinajstić information content (AvgIpc) is 2.88. The lowest BCUT2D eigenvalue weighted by Crippen LogP contribution is -1.86. The lowest BCUT2D eigenvalue weighted by atomic mass is 10.1. The van der Waals surface area contributed by atoms with E-state index in [9.17, 15) is 0 Å². The van der Waals surface area contributed by atoms with Gasteiger partial charge in [-0.1, -0.05) is 6.07 Å². The van der Waals surface area contributed by atoms with Crippen LogP contribution in [0.15, 0.2) is 53.6 Å². The predicted octanol–water partition coefficient (Wildman–Crippen LogP) is 2.59. The Bertz CT molecular complexity index is 551. The standard InChI is InChI=1S/C11H8N2O/c1-2-11-3-5-12-13(11)7-9(1)10-4-6-14-8-10/h1-8H. The summed E-state index contributed by atoms with van der Waals surface area (Å²) in [7, 11) is 0. The fourth-order valence-electron chi connectivity index (χ4n) is 1.51. The molecule has 0 amide bonds. The first kappa shape index (κ1) is 7.38. The highest BCUT2D eigenvalue weighted by atomic mass is 16.3. The van der Waals surface area contributed by atoms with Gasteiger partial charge in [0.15, 0.2) is 0 Å². The molecule has 68 valence electrons. The highest BCUT2D eigenvalue weighted by Gasteiger charge is 2.00. The molecule has 0 atom stereocenters. The van der Waals surface area contributed by atoms with Gasteiger partial charge in [-0.15, -0.1) is 0 Å². The fourth-order valence-corrected chi connectivity index (χ4v) is 1.51. The number of furan rings is 1. The fraction of sp³-hybridized carbons (Fsp3) is 0. The Labute approximate surface area is 80.6 Å². The molecule has 3 nitrogen and oxygen atoms in total. The zero-order chi connectivity index (χ0) is 9.38. The number of pyridine rings is 1. The van der Waals surface area contributed by atoms with Crippen LogP contribution in [-0.2, 0) is 0 Å². The number of aromatic nitrogens is 2. The molecule has 0 aliphatic carbocycles. The monoisotopic (exact) mass is 184 g/mol. The van der Waals surface area contributed by atoms with E-state index < -0.39 is 0 Å². The van der Waals surface area contributed by atoms with E-state index in [2.05, 4.69) is 11.2 Å². The maximum absolute atomic E-state index is 5.03. The third kappa shape index (κ3) is 1.03. The van der Waals surface area contributed by atoms with Gasteiger partial charge in [-0.2, -0.15) is 5.10 Å². The van der Waals surface area contributed by atoms with Gasteiger partial charge in [0.05, 0.1) is 18.0 Å². The third-order valence-corrected chi connectivity index (χ3v) is 2.25. The lowest BCUT2D eigenvalue weighted by Gasteiger charge is -1.97. The molecule has 3 heteroatoms. The molecule has 3 heterocycles. The first-order chi connectivity index (χ1) is 6.93. The number of hydrogen-bond acceptors (Lipinski definition) is 2. The second-order valence-electron chi connectivity index (χ2n) is 3.13.